The monoisotopic (exact) mass is 515 g/mol. The zero-order valence-electron chi connectivity index (χ0n) is 18.1. The Morgan fingerprint density at radius 1 is 0.969 bits per heavy atom. The van der Waals surface area contributed by atoms with Crippen LogP contribution in [-0.4, -0.2) is 122 Å². The molecule has 6 aliphatic rings. The molecule has 0 aromatic rings. The third kappa shape index (κ3) is 4.95. The smallest absolute Gasteiger partial charge is 0.178 e. The number of ether oxygens (including phenoxy) is 4. The van der Waals surface area contributed by atoms with Crippen LogP contribution >= 0.6 is 34.8 Å². The summed E-state index contributed by atoms with van der Waals surface area (Å²) < 4.78 is 21.4. The van der Waals surface area contributed by atoms with Gasteiger partial charge in [-0.15, -0.1) is 34.8 Å². The molecular weight excluding hydrogens is 485 g/mol. The average Bonchev–Trinajstić information content (AvgIpc) is 3.59. The van der Waals surface area contributed by atoms with Gasteiger partial charge in [0.15, 0.2) is 5.78 Å². The van der Waals surface area contributed by atoms with Gasteiger partial charge in [0.2, 0.25) is 0 Å². The number of Topliss-reactive ketones (excluding diaryl/α,β-unsaturated/α-hetero) is 1. The van der Waals surface area contributed by atoms with Crippen molar-refractivity contribution in [3.8, 4) is 0 Å². The number of carbonyl (C=O) groups is 1. The molecule has 0 saturated carbocycles. The molecule has 0 aromatic carbocycles. The highest BCUT2D eigenvalue weighted by atomic mass is 35.5. The van der Waals surface area contributed by atoms with Gasteiger partial charge >= 0.3 is 0 Å². The van der Waals surface area contributed by atoms with E-state index in [1.807, 2.05) is 0 Å². The number of aliphatic hydroxyl groups excluding tert-OH is 1. The molecule has 0 amide bonds. The summed E-state index contributed by atoms with van der Waals surface area (Å²) in [7, 11) is 1.72. The molecule has 12 heteroatoms. The normalized spacial score (nSPS) is 50.9. The van der Waals surface area contributed by atoms with Crippen molar-refractivity contribution in [2.75, 3.05) is 46.6 Å². The summed E-state index contributed by atoms with van der Waals surface area (Å²) in [5.74, 6) is 0.133. The number of fused-ring (bicyclic) bond motifs is 3. The molecule has 0 aliphatic carbocycles. The molecule has 6 fully saturated rings. The van der Waals surface area contributed by atoms with E-state index >= 15 is 0 Å². The third-order valence-corrected chi connectivity index (χ3v) is 8.23. The van der Waals surface area contributed by atoms with Gasteiger partial charge in [-0.1, -0.05) is 0 Å². The molecule has 6 saturated heterocycles. The van der Waals surface area contributed by atoms with E-state index in [2.05, 4.69) is 22.9 Å². The second kappa shape index (κ2) is 10.5. The van der Waals surface area contributed by atoms with E-state index in [9.17, 15) is 9.90 Å². The Labute approximate surface area is 203 Å². The fraction of sp³-hybridized carbons (Fsp3) is 0.950. The van der Waals surface area contributed by atoms with E-state index in [0.29, 0.717) is 19.8 Å². The lowest BCUT2D eigenvalue weighted by molar-refractivity contribution is -0.119. The molecule has 11 atom stereocenters. The number of aliphatic hydroxyl groups is 1. The highest BCUT2D eigenvalue weighted by Gasteiger charge is 2.52. The Morgan fingerprint density at radius 3 is 2.31 bits per heavy atom. The van der Waals surface area contributed by atoms with Crippen molar-refractivity contribution in [3.63, 3.8) is 0 Å². The second-order valence-electron chi connectivity index (χ2n) is 9.15. The molecule has 184 valence electrons. The lowest BCUT2D eigenvalue weighted by atomic mass is 9.97. The molecule has 9 nitrogen and oxygen atoms in total. The first kappa shape index (κ1) is 25.3. The molecule has 0 aromatic heterocycles. The standard InChI is InChI=1S/C8H14ClNO2.C6H10ClNO2.C6H8ClNO2/c1-8(11-2)4-12-6-5(9)3-10-7(6)8;2*7-3-1-8-5-4(9)2-10-6(3)5/h5-7,10H,3-4H2,1-2H3;3-6,8-9H,1-2H2;3,5-6,8H,1-2H2/t5-,6?,7?,8?;3-,4?,5?,6?;3-,5?,6?/m000/s1. The van der Waals surface area contributed by atoms with Crippen LogP contribution in [0.2, 0.25) is 0 Å². The number of alkyl halides is 3. The number of methoxy groups -OCH3 is 1. The van der Waals surface area contributed by atoms with E-state index in [1.54, 1.807) is 7.11 Å². The van der Waals surface area contributed by atoms with Crippen molar-refractivity contribution in [2.45, 2.75) is 71.2 Å². The van der Waals surface area contributed by atoms with Crippen molar-refractivity contribution in [1.29, 1.82) is 0 Å². The SMILES string of the molecule is COC1(C)COC2C1NC[C@@H]2Cl.O=C1COC2C1NC[C@@H]2Cl.OC1COC2C1NC[C@@H]2Cl. The number of hydrogen-bond acceptors (Lipinski definition) is 9. The first-order valence-electron chi connectivity index (χ1n) is 11.0. The average molecular weight is 517 g/mol. The van der Waals surface area contributed by atoms with Crippen LogP contribution < -0.4 is 16.0 Å². The maximum Gasteiger partial charge on any atom is 0.178 e. The van der Waals surface area contributed by atoms with Crippen LogP contribution in [0.1, 0.15) is 6.92 Å². The largest absolute Gasteiger partial charge is 0.389 e. The number of carbonyl (C=O) groups excluding carboxylic acids is 1. The summed E-state index contributed by atoms with van der Waals surface area (Å²) in [4.78, 5) is 11.0. The van der Waals surface area contributed by atoms with Gasteiger partial charge in [-0.3, -0.25) is 4.79 Å². The van der Waals surface area contributed by atoms with Crippen molar-refractivity contribution in [1.82, 2.24) is 16.0 Å². The maximum absolute atomic E-state index is 11.0. The molecule has 4 N–H and O–H groups in total. The predicted molar refractivity (Wildman–Crippen MR) is 120 cm³/mol. The van der Waals surface area contributed by atoms with E-state index in [1.165, 1.54) is 0 Å². The van der Waals surface area contributed by atoms with Gasteiger partial charge in [0.1, 0.15) is 12.2 Å². The van der Waals surface area contributed by atoms with Crippen LogP contribution in [-0.2, 0) is 23.7 Å². The first-order chi connectivity index (χ1) is 15.2. The zero-order chi connectivity index (χ0) is 23.0. The summed E-state index contributed by atoms with van der Waals surface area (Å²) in [6.07, 6.45) is -0.295. The molecule has 8 unspecified atom stereocenters. The van der Waals surface area contributed by atoms with Crippen LogP contribution in [0, 0.1) is 0 Å². The summed E-state index contributed by atoms with van der Waals surface area (Å²) >= 11 is 17.8. The van der Waals surface area contributed by atoms with E-state index in [0.717, 1.165) is 13.1 Å². The maximum atomic E-state index is 11.0. The predicted octanol–water partition coefficient (Wildman–Crippen LogP) is -0.772. The number of ketones is 1. The fourth-order valence-corrected chi connectivity index (χ4v) is 5.94. The van der Waals surface area contributed by atoms with Crippen LogP contribution in [0.4, 0.5) is 0 Å². The molecule has 0 bridgehead atoms. The van der Waals surface area contributed by atoms with E-state index < -0.39 is 0 Å². The minimum absolute atomic E-state index is 0.0247. The highest BCUT2D eigenvalue weighted by molar-refractivity contribution is 6.22. The van der Waals surface area contributed by atoms with E-state index in [-0.39, 0.29) is 76.7 Å². The lowest BCUT2D eigenvalue weighted by Crippen LogP contribution is -2.47. The Kier molecular flexibility index (Phi) is 8.27. The Morgan fingerprint density at radius 2 is 1.62 bits per heavy atom. The van der Waals surface area contributed by atoms with Crippen molar-refractivity contribution in [2.24, 2.45) is 0 Å². The Hall–Kier alpha value is 0.220. The molecule has 32 heavy (non-hydrogen) atoms. The van der Waals surface area contributed by atoms with Gasteiger partial charge in [-0.25, -0.2) is 0 Å². The van der Waals surface area contributed by atoms with Crippen LogP contribution in [0.15, 0.2) is 0 Å². The number of hydrogen-bond donors (Lipinski definition) is 4. The summed E-state index contributed by atoms with van der Waals surface area (Å²) in [5, 5.41) is 18.8. The fourth-order valence-electron chi connectivity index (χ4n) is 5.01. The minimum atomic E-state index is -0.367. The van der Waals surface area contributed by atoms with Gasteiger partial charge in [-0.05, 0) is 6.92 Å². The Balaban J connectivity index is 0.000000115. The number of halogens is 3. The number of rotatable bonds is 1. The quantitative estimate of drug-likeness (QED) is 0.334. The van der Waals surface area contributed by atoms with E-state index in [4.69, 9.17) is 53.8 Å². The highest BCUT2D eigenvalue weighted by Crippen LogP contribution is 2.34. The number of nitrogens with one attached hydrogen (secondary N) is 3. The van der Waals surface area contributed by atoms with Crippen molar-refractivity contribution < 1.29 is 28.8 Å². The summed E-state index contributed by atoms with van der Waals surface area (Å²) in [6, 6.07) is 0.204. The summed E-state index contributed by atoms with van der Waals surface area (Å²) in [6.45, 7) is 5.58. The van der Waals surface area contributed by atoms with Gasteiger partial charge in [0.05, 0.1) is 71.9 Å². The van der Waals surface area contributed by atoms with Crippen molar-refractivity contribution >= 4 is 40.6 Å². The molecule has 6 aliphatic heterocycles. The van der Waals surface area contributed by atoms with Crippen LogP contribution in [0.25, 0.3) is 0 Å². The topological polar surface area (TPSA) is 110 Å². The van der Waals surface area contributed by atoms with Crippen LogP contribution in [0.3, 0.4) is 0 Å². The third-order valence-electron chi connectivity index (χ3n) is 7.02. The first-order valence-corrected chi connectivity index (χ1v) is 12.3. The van der Waals surface area contributed by atoms with Gasteiger partial charge in [0, 0.05) is 26.7 Å². The van der Waals surface area contributed by atoms with Gasteiger partial charge in [0.25, 0.3) is 0 Å². The van der Waals surface area contributed by atoms with Crippen molar-refractivity contribution in [3.05, 3.63) is 0 Å². The second-order valence-corrected chi connectivity index (χ2v) is 10.8. The van der Waals surface area contributed by atoms with Gasteiger partial charge in [-0.2, -0.15) is 0 Å². The lowest BCUT2D eigenvalue weighted by Gasteiger charge is -2.27. The molecular formula is C20H32Cl3N3O6. The Bertz CT molecular complexity index is 664. The van der Waals surface area contributed by atoms with Gasteiger partial charge < -0.3 is 40.0 Å². The molecule has 0 radical (unpaired) electrons. The molecule has 6 rings (SSSR count). The zero-order valence-corrected chi connectivity index (χ0v) is 20.4. The summed E-state index contributed by atoms with van der Waals surface area (Å²) in [5.41, 5.74) is -0.200. The van der Waals surface area contributed by atoms with Crippen LogP contribution in [0.5, 0.6) is 0 Å². The minimum Gasteiger partial charge on any atom is -0.389 e. The molecule has 6 heterocycles. The molecule has 0 spiro atoms.